The van der Waals surface area contributed by atoms with Gasteiger partial charge in [0.05, 0.1) is 23.8 Å². The van der Waals surface area contributed by atoms with Crippen molar-refractivity contribution in [2.75, 3.05) is 11.9 Å². The molecule has 1 aliphatic rings. The van der Waals surface area contributed by atoms with Crippen molar-refractivity contribution in [2.45, 2.75) is 58.7 Å². The highest BCUT2D eigenvalue weighted by Crippen LogP contribution is 2.42. The van der Waals surface area contributed by atoms with Gasteiger partial charge in [-0.05, 0) is 54.9 Å². The molecule has 1 saturated carbocycles. The van der Waals surface area contributed by atoms with Crippen LogP contribution in [0.15, 0.2) is 49.1 Å². The fourth-order valence-corrected chi connectivity index (χ4v) is 4.64. The summed E-state index contributed by atoms with van der Waals surface area (Å²) in [5.74, 6) is 0.782. The zero-order valence-corrected chi connectivity index (χ0v) is 19.2. The van der Waals surface area contributed by atoms with Crippen LogP contribution >= 0.6 is 0 Å². The fraction of sp³-hybridized carbons (Fsp3) is 0.480. The van der Waals surface area contributed by atoms with Crippen LogP contribution < -0.4 is 4.90 Å². The van der Waals surface area contributed by atoms with Crippen LogP contribution in [0.25, 0.3) is 16.9 Å². The number of alkyl halides is 1. The van der Waals surface area contributed by atoms with E-state index in [4.69, 9.17) is 0 Å². The summed E-state index contributed by atoms with van der Waals surface area (Å²) in [6.07, 6.45) is 8.06. The van der Waals surface area contributed by atoms with Gasteiger partial charge < -0.3 is 14.6 Å². The lowest BCUT2D eigenvalue weighted by Crippen LogP contribution is -2.43. The normalized spacial score (nSPS) is 26.0. The summed E-state index contributed by atoms with van der Waals surface area (Å²) in [6.45, 7) is 6.47. The molecule has 6 nitrogen and oxygen atoms in total. The van der Waals surface area contributed by atoms with Crippen molar-refractivity contribution in [3.63, 3.8) is 0 Å². The van der Waals surface area contributed by atoms with Gasteiger partial charge in [0.25, 0.3) is 0 Å². The summed E-state index contributed by atoms with van der Waals surface area (Å²) >= 11 is 0. The quantitative estimate of drug-likeness (QED) is 0.540. The Morgan fingerprint density at radius 2 is 2.06 bits per heavy atom. The molecule has 7 heteroatoms. The maximum Gasteiger partial charge on any atom is 0.151 e. The lowest BCUT2D eigenvalue weighted by molar-refractivity contribution is 0.188. The molecule has 0 radical (unpaired) electrons. The summed E-state index contributed by atoms with van der Waals surface area (Å²) in [7, 11) is 1.91. The standard InChI is InChI=1S/C25H32FN5O/c1-5-25(3)11-10-17(2)24(26)21(15-25)30(4)23-9-8-20(28-29-23)19-7-6-18(14-22(19)32)31-13-12-27-16-31/h6-9,12-14,16-17,21,24,32H,5,10-11,15H2,1-4H3/t17-,21+,24+,25+/m0/s1. The summed E-state index contributed by atoms with van der Waals surface area (Å²) in [6, 6.07) is 8.83. The van der Waals surface area contributed by atoms with Crippen molar-refractivity contribution in [3.05, 3.63) is 49.1 Å². The fourth-order valence-electron chi connectivity index (χ4n) is 4.64. The number of hydrogen-bond acceptors (Lipinski definition) is 5. The number of rotatable bonds is 5. The van der Waals surface area contributed by atoms with Crippen molar-refractivity contribution in [1.82, 2.24) is 19.7 Å². The molecule has 0 aliphatic heterocycles. The molecule has 4 rings (SSSR count). The number of imidazole rings is 1. The highest BCUT2D eigenvalue weighted by atomic mass is 19.1. The predicted molar refractivity (Wildman–Crippen MR) is 125 cm³/mol. The van der Waals surface area contributed by atoms with Crippen molar-refractivity contribution in [2.24, 2.45) is 11.3 Å². The average Bonchev–Trinajstić information content (AvgIpc) is 3.32. The molecule has 0 saturated heterocycles. The number of anilines is 1. The SMILES string of the molecule is CC[C@]1(C)CC[C@H](C)[C@@H](F)[C@H](N(C)c2ccc(-c3ccc(-n4ccnc4)cc3O)nn2)C1. The van der Waals surface area contributed by atoms with Gasteiger partial charge in [0.15, 0.2) is 5.82 Å². The lowest BCUT2D eigenvalue weighted by atomic mass is 9.78. The van der Waals surface area contributed by atoms with Crippen LogP contribution in [-0.4, -0.2) is 44.1 Å². The zero-order valence-electron chi connectivity index (χ0n) is 19.2. The second-order valence-electron chi connectivity index (χ2n) is 9.46. The smallest absolute Gasteiger partial charge is 0.151 e. The minimum atomic E-state index is -0.908. The van der Waals surface area contributed by atoms with E-state index in [2.05, 4.69) is 29.0 Å². The molecule has 32 heavy (non-hydrogen) atoms. The highest BCUT2D eigenvalue weighted by Gasteiger charge is 2.40. The molecule has 0 bridgehead atoms. The van der Waals surface area contributed by atoms with Crippen LogP contribution in [0, 0.1) is 11.3 Å². The number of phenolic OH excluding ortho intramolecular Hbond substituents is 1. The number of aromatic hydroxyl groups is 1. The van der Waals surface area contributed by atoms with Crippen LogP contribution in [0.2, 0.25) is 0 Å². The van der Waals surface area contributed by atoms with Crippen molar-refractivity contribution >= 4 is 5.82 Å². The van der Waals surface area contributed by atoms with E-state index in [1.54, 1.807) is 18.6 Å². The molecule has 4 atom stereocenters. The predicted octanol–water partition coefficient (Wildman–Crippen LogP) is 5.41. The number of benzene rings is 1. The highest BCUT2D eigenvalue weighted by molar-refractivity contribution is 5.69. The van der Waals surface area contributed by atoms with Gasteiger partial charge in [0.1, 0.15) is 11.9 Å². The van der Waals surface area contributed by atoms with Crippen molar-refractivity contribution < 1.29 is 9.50 Å². The summed E-state index contributed by atoms with van der Waals surface area (Å²) in [5, 5.41) is 19.3. The maximum atomic E-state index is 15.3. The Balaban J connectivity index is 1.56. The molecule has 0 spiro atoms. The molecule has 2 aromatic heterocycles. The largest absolute Gasteiger partial charge is 0.507 e. The van der Waals surface area contributed by atoms with E-state index in [1.165, 1.54) is 0 Å². The molecule has 0 unspecified atom stereocenters. The number of phenols is 1. The van der Waals surface area contributed by atoms with Crippen LogP contribution in [-0.2, 0) is 0 Å². The molecule has 2 heterocycles. The van der Waals surface area contributed by atoms with E-state index >= 15 is 4.39 Å². The van der Waals surface area contributed by atoms with E-state index in [1.807, 2.05) is 53.9 Å². The summed E-state index contributed by atoms with van der Waals surface area (Å²) in [4.78, 5) is 5.97. The first-order valence-corrected chi connectivity index (χ1v) is 11.3. The topological polar surface area (TPSA) is 67.1 Å². The first-order valence-electron chi connectivity index (χ1n) is 11.3. The van der Waals surface area contributed by atoms with E-state index < -0.39 is 6.17 Å². The second kappa shape index (κ2) is 8.88. The van der Waals surface area contributed by atoms with Crippen LogP contribution in [0.3, 0.4) is 0 Å². The Bertz CT molecular complexity index is 1040. The third kappa shape index (κ3) is 4.33. The molecular formula is C25H32FN5O. The van der Waals surface area contributed by atoms with Crippen molar-refractivity contribution in [1.29, 1.82) is 0 Å². The monoisotopic (exact) mass is 437 g/mol. The summed E-state index contributed by atoms with van der Waals surface area (Å²) < 4.78 is 17.2. The van der Waals surface area contributed by atoms with Gasteiger partial charge in [-0.1, -0.05) is 27.2 Å². The van der Waals surface area contributed by atoms with Gasteiger partial charge in [-0.3, -0.25) is 0 Å². The molecule has 1 N–H and O–H groups in total. The number of halogens is 1. The molecule has 3 aromatic rings. The van der Waals surface area contributed by atoms with Crippen molar-refractivity contribution in [3.8, 4) is 22.7 Å². The van der Waals surface area contributed by atoms with Gasteiger partial charge in [0, 0.05) is 31.1 Å². The molecule has 0 amide bonds. The molecular weight excluding hydrogens is 405 g/mol. The van der Waals surface area contributed by atoms with Gasteiger partial charge in [0.2, 0.25) is 0 Å². The van der Waals surface area contributed by atoms with E-state index in [0.29, 0.717) is 17.1 Å². The Hall–Kier alpha value is -2.96. The first-order chi connectivity index (χ1) is 15.3. The van der Waals surface area contributed by atoms with Gasteiger partial charge in [-0.2, -0.15) is 0 Å². The third-order valence-electron chi connectivity index (χ3n) is 7.24. The molecule has 1 fully saturated rings. The minimum absolute atomic E-state index is 0.0222. The number of aromatic nitrogens is 4. The number of nitrogens with zero attached hydrogens (tertiary/aromatic N) is 5. The van der Waals surface area contributed by atoms with Gasteiger partial charge in [-0.15, -0.1) is 10.2 Å². The molecule has 1 aromatic carbocycles. The Labute approximate surface area is 189 Å². The molecule has 1 aliphatic carbocycles. The Kier molecular flexibility index (Phi) is 6.17. The van der Waals surface area contributed by atoms with Crippen LogP contribution in [0.4, 0.5) is 10.2 Å². The third-order valence-corrected chi connectivity index (χ3v) is 7.24. The van der Waals surface area contributed by atoms with Gasteiger partial charge in [-0.25, -0.2) is 9.37 Å². The van der Waals surface area contributed by atoms with Crippen LogP contribution in [0.5, 0.6) is 5.75 Å². The van der Waals surface area contributed by atoms with Gasteiger partial charge >= 0.3 is 0 Å². The Morgan fingerprint density at radius 1 is 1.25 bits per heavy atom. The first kappa shape index (κ1) is 22.2. The van der Waals surface area contributed by atoms with E-state index in [9.17, 15) is 5.11 Å². The maximum absolute atomic E-state index is 15.3. The minimum Gasteiger partial charge on any atom is -0.507 e. The van der Waals surface area contributed by atoms with E-state index in [-0.39, 0.29) is 23.1 Å². The zero-order chi connectivity index (χ0) is 22.9. The molecule has 170 valence electrons. The van der Waals surface area contributed by atoms with E-state index in [0.717, 1.165) is 31.4 Å². The summed E-state index contributed by atoms with van der Waals surface area (Å²) in [5.41, 5.74) is 2.11. The average molecular weight is 438 g/mol. The van der Waals surface area contributed by atoms with Crippen LogP contribution in [0.1, 0.15) is 46.5 Å². The lowest BCUT2D eigenvalue weighted by Gasteiger charge is -2.36. The Morgan fingerprint density at radius 3 is 2.69 bits per heavy atom. The second-order valence-corrected chi connectivity index (χ2v) is 9.46. The number of hydrogen-bond donors (Lipinski definition) is 1.